The van der Waals surface area contributed by atoms with E-state index in [1.165, 1.54) is 12.1 Å². The molecule has 1 aromatic rings. The lowest BCUT2D eigenvalue weighted by atomic mass is 10.0. The van der Waals surface area contributed by atoms with Gasteiger partial charge in [0, 0.05) is 30.8 Å². The third-order valence-electron chi connectivity index (χ3n) is 4.14. The van der Waals surface area contributed by atoms with Crippen LogP contribution in [0, 0.1) is 5.82 Å². The summed E-state index contributed by atoms with van der Waals surface area (Å²) >= 11 is 6.15. The second-order valence-corrected chi connectivity index (χ2v) is 6.00. The number of hydrogen-bond donors (Lipinski definition) is 1. The molecule has 2 rings (SSSR count). The molecule has 0 aliphatic carbocycles. The Kier molecular flexibility index (Phi) is 6.42. The second-order valence-electron chi connectivity index (χ2n) is 5.59. The van der Waals surface area contributed by atoms with Crippen LogP contribution in [0.2, 0.25) is 5.02 Å². The number of benzene rings is 1. The lowest BCUT2D eigenvalue weighted by molar-refractivity contribution is -0.000740. The van der Waals surface area contributed by atoms with Gasteiger partial charge in [0.15, 0.2) is 0 Å². The summed E-state index contributed by atoms with van der Waals surface area (Å²) in [6.07, 6.45) is 3.30. The number of likely N-dealkylation sites (tertiary alicyclic amines) is 1. The van der Waals surface area contributed by atoms with E-state index in [4.69, 9.17) is 22.1 Å². The molecule has 0 bridgehead atoms. The third-order valence-corrected chi connectivity index (χ3v) is 4.47. The van der Waals surface area contributed by atoms with Crippen molar-refractivity contribution in [3.63, 3.8) is 0 Å². The monoisotopic (exact) mass is 314 g/mol. The van der Waals surface area contributed by atoms with Crippen LogP contribution in [0.25, 0.3) is 0 Å². The number of ether oxygens (including phenoxy) is 1. The number of halogens is 2. The highest BCUT2D eigenvalue weighted by atomic mass is 35.5. The van der Waals surface area contributed by atoms with Crippen molar-refractivity contribution in [2.45, 2.75) is 38.3 Å². The molecule has 1 unspecified atom stereocenters. The van der Waals surface area contributed by atoms with E-state index in [1.807, 2.05) is 0 Å². The van der Waals surface area contributed by atoms with E-state index in [1.54, 1.807) is 6.07 Å². The molecule has 0 spiro atoms. The van der Waals surface area contributed by atoms with Gasteiger partial charge in [-0.2, -0.15) is 0 Å². The molecular weight excluding hydrogens is 291 g/mol. The van der Waals surface area contributed by atoms with Gasteiger partial charge >= 0.3 is 0 Å². The molecule has 0 radical (unpaired) electrons. The quantitative estimate of drug-likeness (QED) is 0.818. The largest absolute Gasteiger partial charge is 0.378 e. The van der Waals surface area contributed by atoms with Crippen LogP contribution in [0.4, 0.5) is 4.39 Å². The van der Waals surface area contributed by atoms with Gasteiger partial charge in [-0.1, -0.05) is 17.7 Å². The third kappa shape index (κ3) is 4.65. The van der Waals surface area contributed by atoms with E-state index < -0.39 is 0 Å². The fourth-order valence-electron chi connectivity index (χ4n) is 2.80. The molecule has 2 N–H and O–H groups in total. The van der Waals surface area contributed by atoms with Crippen LogP contribution in [-0.2, 0) is 4.74 Å². The molecular formula is C16H24ClFN2O. The van der Waals surface area contributed by atoms with Gasteiger partial charge in [-0.05, 0) is 50.4 Å². The number of hydrogen-bond acceptors (Lipinski definition) is 3. The topological polar surface area (TPSA) is 38.5 Å². The molecule has 1 fully saturated rings. The summed E-state index contributed by atoms with van der Waals surface area (Å²) in [6, 6.07) is 4.84. The van der Waals surface area contributed by atoms with Crippen molar-refractivity contribution in [1.29, 1.82) is 0 Å². The SMILES string of the molecule is CC(c1ccc(F)cc1Cl)N1CCC(OCCCN)CC1. The molecule has 1 heterocycles. The van der Waals surface area contributed by atoms with Crippen molar-refractivity contribution in [3.8, 4) is 0 Å². The first-order chi connectivity index (χ1) is 10.1. The van der Waals surface area contributed by atoms with Crippen LogP contribution >= 0.6 is 11.6 Å². The van der Waals surface area contributed by atoms with E-state index in [-0.39, 0.29) is 11.9 Å². The Balaban J connectivity index is 1.86. The molecule has 21 heavy (non-hydrogen) atoms. The molecule has 0 saturated carbocycles. The zero-order chi connectivity index (χ0) is 15.2. The Morgan fingerprint density at radius 3 is 2.76 bits per heavy atom. The highest BCUT2D eigenvalue weighted by Gasteiger charge is 2.25. The summed E-state index contributed by atoms with van der Waals surface area (Å²) in [5.74, 6) is -0.289. The summed E-state index contributed by atoms with van der Waals surface area (Å²) < 4.78 is 18.9. The standard InChI is InChI=1S/C16H24ClFN2O/c1-12(15-4-3-13(18)11-16(15)17)20-8-5-14(6-9-20)21-10-2-7-19/h3-4,11-12,14H,2,5-10,19H2,1H3. The van der Waals surface area contributed by atoms with Gasteiger partial charge in [-0.15, -0.1) is 0 Å². The summed E-state index contributed by atoms with van der Waals surface area (Å²) in [4.78, 5) is 2.38. The number of rotatable bonds is 6. The van der Waals surface area contributed by atoms with Gasteiger partial charge in [-0.3, -0.25) is 4.90 Å². The van der Waals surface area contributed by atoms with Gasteiger partial charge in [0.1, 0.15) is 5.82 Å². The Bertz CT molecular complexity index is 450. The van der Waals surface area contributed by atoms with Crippen molar-refractivity contribution in [1.82, 2.24) is 4.90 Å². The lowest BCUT2D eigenvalue weighted by Gasteiger charge is -2.36. The minimum atomic E-state index is -0.289. The second kappa shape index (κ2) is 8.08. The highest BCUT2D eigenvalue weighted by Crippen LogP contribution is 2.30. The number of piperidine rings is 1. The molecule has 1 aliphatic heterocycles. The summed E-state index contributed by atoms with van der Waals surface area (Å²) in [5.41, 5.74) is 6.45. The molecule has 1 atom stereocenters. The van der Waals surface area contributed by atoms with E-state index >= 15 is 0 Å². The first-order valence-electron chi connectivity index (χ1n) is 7.62. The van der Waals surface area contributed by atoms with Crippen molar-refractivity contribution < 1.29 is 9.13 Å². The van der Waals surface area contributed by atoms with Crippen LogP contribution in [-0.4, -0.2) is 37.2 Å². The summed E-state index contributed by atoms with van der Waals surface area (Å²) in [7, 11) is 0. The normalized spacial score (nSPS) is 18.9. The molecule has 1 aliphatic rings. The fraction of sp³-hybridized carbons (Fsp3) is 0.625. The average Bonchev–Trinajstić information content (AvgIpc) is 2.48. The van der Waals surface area contributed by atoms with Crippen molar-refractivity contribution in [2.75, 3.05) is 26.2 Å². The molecule has 1 aromatic carbocycles. The van der Waals surface area contributed by atoms with Crippen LogP contribution in [0.3, 0.4) is 0 Å². The number of nitrogens with zero attached hydrogens (tertiary/aromatic N) is 1. The van der Waals surface area contributed by atoms with Crippen molar-refractivity contribution in [2.24, 2.45) is 5.73 Å². The van der Waals surface area contributed by atoms with E-state index in [2.05, 4.69) is 11.8 Å². The van der Waals surface area contributed by atoms with Crippen LogP contribution < -0.4 is 5.73 Å². The lowest BCUT2D eigenvalue weighted by Crippen LogP contribution is -2.38. The first kappa shape index (κ1) is 16.7. The van der Waals surface area contributed by atoms with Gasteiger partial charge in [0.2, 0.25) is 0 Å². The Morgan fingerprint density at radius 2 is 2.14 bits per heavy atom. The predicted molar refractivity (Wildman–Crippen MR) is 84.0 cm³/mol. The zero-order valence-electron chi connectivity index (χ0n) is 12.5. The van der Waals surface area contributed by atoms with E-state index in [0.29, 0.717) is 17.7 Å². The minimum Gasteiger partial charge on any atom is -0.378 e. The van der Waals surface area contributed by atoms with Gasteiger partial charge in [-0.25, -0.2) is 4.39 Å². The molecule has 0 aromatic heterocycles. The van der Waals surface area contributed by atoms with Crippen molar-refractivity contribution >= 4 is 11.6 Å². The fourth-order valence-corrected chi connectivity index (χ4v) is 3.13. The van der Waals surface area contributed by atoms with Gasteiger partial charge in [0.05, 0.1) is 6.10 Å². The van der Waals surface area contributed by atoms with Crippen LogP contribution in [0.1, 0.15) is 37.8 Å². The summed E-state index contributed by atoms with van der Waals surface area (Å²) in [5, 5.41) is 0.504. The predicted octanol–water partition coefficient (Wildman–Crippen LogP) is 3.37. The first-order valence-corrected chi connectivity index (χ1v) is 8.00. The zero-order valence-corrected chi connectivity index (χ0v) is 13.3. The Morgan fingerprint density at radius 1 is 1.43 bits per heavy atom. The van der Waals surface area contributed by atoms with E-state index in [9.17, 15) is 4.39 Å². The van der Waals surface area contributed by atoms with Crippen LogP contribution in [0.15, 0.2) is 18.2 Å². The van der Waals surface area contributed by atoms with Gasteiger partial charge < -0.3 is 10.5 Å². The maximum absolute atomic E-state index is 13.1. The maximum Gasteiger partial charge on any atom is 0.124 e. The molecule has 0 amide bonds. The minimum absolute atomic E-state index is 0.197. The smallest absolute Gasteiger partial charge is 0.124 e. The molecule has 5 heteroatoms. The molecule has 118 valence electrons. The van der Waals surface area contributed by atoms with Crippen LogP contribution in [0.5, 0.6) is 0 Å². The highest BCUT2D eigenvalue weighted by molar-refractivity contribution is 6.31. The number of nitrogens with two attached hydrogens (primary N) is 1. The van der Waals surface area contributed by atoms with Gasteiger partial charge in [0.25, 0.3) is 0 Å². The molecule has 1 saturated heterocycles. The Labute approximate surface area is 131 Å². The molecule has 3 nitrogen and oxygen atoms in total. The average molecular weight is 315 g/mol. The maximum atomic E-state index is 13.1. The van der Waals surface area contributed by atoms with Crippen molar-refractivity contribution in [3.05, 3.63) is 34.6 Å². The Hall–Kier alpha value is -0.680. The van der Waals surface area contributed by atoms with E-state index in [0.717, 1.165) is 44.5 Å². The summed E-state index contributed by atoms with van der Waals surface area (Å²) in [6.45, 7) is 5.50.